The van der Waals surface area contributed by atoms with Crippen LogP contribution in [-0.2, 0) is 0 Å². The molecule has 0 saturated carbocycles. The number of rotatable bonds is 6. The van der Waals surface area contributed by atoms with Gasteiger partial charge in [0.25, 0.3) is 5.91 Å². The molecule has 26 heavy (non-hydrogen) atoms. The minimum absolute atomic E-state index is 0.0253. The summed E-state index contributed by atoms with van der Waals surface area (Å²) < 4.78 is 11.2. The maximum Gasteiger partial charge on any atom is 0.254 e. The topological polar surface area (TPSA) is 38.8 Å². The molecule has 0 unspecified atom stereocenters. The SMILES string of the molecule is CCOc1ccc(C(=O)N2CC=C(c3ccccc3)CC2)cc1OCC. The normalized spacial score (nSPS) is 13.9. The highest BCUT2D eigenvalue weighted by Crippen LogP contribution is 2.30. The van der Waals surface area contributed by atoms with Gasteiger partial charge in [0.2, 0.25) is 0 Å². The molecule has 0 bridgehead atoms. The predicted molar refractivity (Wildman–Crippen MR) is 104 cm³/mol. The summed E-state index contributed by atoms with van der Waals surface area (Å²) in [5, 5.41) is 0. The third kappa shape index (κ3) is 4.07. The lowest BCUT2D eigenvalue weighted by Crippen LogP contribution is -2.34. The van der Waals surface area contributed by atoms with Gasteiger partial charge in [-0.2, -0.15) is 0 Å². The van der Waals surface area contributed by atoms with Crippen molar-refractivity contribution in [2.75, 3.05) is 26.3 Å². The number of amides is 1. The van der Waals surface area contributed by atoms with E-state index in [2.05, 4.69) is 18.2 Å². The molecule has 0 aromatic heterocycles. The van der Waals surface area contributed by atoms with Gasteiger partial charge in [-0.15, -0.1) is 0 Å². The average molecular weight is 351 g/mol. The van der Waals surface area contributed by atoms with Crippen molar-refractivity contribution < 1.29 is 14.3 Å². The Morgan fingerprint density at radius 1 is 1.00 bits per heavy atom. The predicted octanol–water partition coefficient (Wildman–Crippen LogP) is 4.41. The molecule has 2 aromatic rings. The molecule has 1 aliphatic heterocycles. The third-order valence-electron chi connectivity index (χ3n) is 4.43. The molecule has 1 aliphatic rings. The summed E-state index contributed by atoms with van der Waals surface area (Å²) in [6.07, 6.45) is 3.01. The Balaban J connectivity index is 1.74. The van der Waals surface area contributed by atoms with Crippen molar-refractivity contribution in [1.29, 1.82) is 0 Å². The third-order valence-corrected chi connectivity index (χ3v) is 4.43. The van der Waals surface area contributed by atoms with Crippen LogP contribution in [0.3, 0.4) is 0 Å². The zero-order chi connectivity index (χ0) is 18.4. The number of nitrogens with zero attached hydrogens (tertiary/aromatic N) is 1. The van der Waals surface area contributed by atoms with E-state index in [9.17, 15) is 4.79 Å². The van der Waals surface area contributed by atoms with Gasteiger partial charge in [-0.1, -0.05) is 36.4 Å². The number of hydrogen-bond acceptors (Lipinski definition) is 3. The summed E-state index contributed by atoms with van der Waals surface area (Å²) in [5.74, 6) is 1.32. The molecule has 3 rings (SSSR count). The summed E-state index contributed by atoms with van der Waals surface area (Å²) in [4.78, 5) is 14.7. The van der Waals surface area contributed by atoms with Crippen LogP contribution in [0.15, 0.2) is 54.6 Å². The molecule has 1 amide bonds. The van der Waals surface area contributed by atoms with Crippen LogP contribution in [-0.4, -0.2) is 37.1 Å². The largest absolute Gasteiger partial charge is 0.490 e. The van der Waals surface area contributed by atoms with Crippen LogP contribution in [0.2, 0.25) is 0 Å². The van der Waals surface area contributed by atoms with Gasteiger partial charge >= 0.3 is 0 Å². The highest BCUT2D eigenvalue weighted by molar-refractivity contribution is 5.95. The number of ether oxygens (including phenoxy) is 2. The lowest BCUT2D eigenvalue weighted by molar-refractivity contribution is 0.0772. The molecule has 0 N–H and O–H groups in total. The minimum atomic E-state index is 0.0253. The van der Waals surface area contributed by atoms with Crippen molar-refractivity contribution in [3.63, 3.8) is 0 Å². The van der Waals surface area contributed by atoms with E-state index in [-0.39, 0.29) is 5.91 Å². The van der Waals surface area contributed by atoms with Crippen molar-refractivity contribution in [3.05, 3.63) is 65.7 Å². The van der Waals surface area contributed by atoms with E-state index in [4.69, 9.17) is 9.47 Å². The monoisotopic (exact) mass is 351 g/mol. The molecule has 0 fully saturated rings. The maximum atomic E-state index is 12.9. The average Bonchev–Trinajstić information content (AvgIpc) is 2.70. The van der Waals surface area contributed by atoms with Crippen LogP contribution >= 0.6 is 0 Å². The van der Waals surface area contributed by atoms with Gasteiger partial charge in [0.05, 0.1) is 13.2 Å². The van der Waals surface area contributed by atoms with E-state index in [1.54, 1.807) is 6.07 Å². The second kappa shape index (κ2) is 8.56. The first-order chi connectivity index (χ1) is 12.7. The first-order valence-electron chi connectivity index (χ1n) is 9.16. The molecule has 0 saturated heterocycles. The van der Waals surface area contributed by atoms with Crippen molar-refractivity contribution in [2.45, 2.75) is 20.3 Å². The highest BCUT2D eigenvalue weighted by atomic mass is 16.5. The molecule has 0 spiro atoms. The summed E-state index contributed by atoms with van der Waals surface area (Å²) in [6, 6.07) is 15.8. The Hall–Kier alpha value is -2.75. The maximum absolute atomic E-state index is 12.9. The molecular formula is C22H25NO3. The fraction of sp³-hybridized carbons (Fsp3) is 0.318. The Bertz CT molecular complexity index is 783. The fourth-order valence-corrected chi connectivity index (χ4v) is 3.13. The van der Waals surface area contributed by atoms with Gasteiger partial charge in [0.15, 0.2) is 11.5 Å². The molecule has 4 heteroatoms. The van der Waals surface area contributed by atoms with Crippen LogP contribution in [0.25, 0.3) is 5.57 Å². The van der Waals surface area contributed by atoms with Crippen molar-refractivity contribution in [2.24, 2.45) is 0 Å². The second-order valence-corrected chi connectivity index (χ2v) is 6.12. The van der Waals surface area contributed by atoms with Crippen molar-refractivity contribution in [3.8, 4) is 11.5 Å². The smallest absolute Gasteiger partial charge is 0.254 e. The number of benzene rings is 2. The van der Waals surface area contributed by atoms with Gasteiger partial charge in [-0.05, 0) is 49.6 Å². The van der Waals surface area contributed by atoms with E-state index in [0.717, 1.165) is 13.0 Å². The van der Waals surface area contributed by atoms with Crippen molar-refractivity contribution in [1.82, 2.24) is 4.90 Å². The van der Waals surface area contributed by atoms with Crippen LogP contribution < -0.4 is 9.47 Å². The molecule has 2 aromatic carbocycles. The van der Waals surface area contributed by atoms with E-state index >= 15 is 0 Å². The summed E-state index contributed by atoms with van der Waals surface area (Å²) in [7, 11) is 0. The number of carbonyl (C=O) groups excluding carboxylic acids is 1. The molecule has 136 valence electrons. The Kier molecular flexibility index (Phi) is 5.95. The molecule has 0 atom stereocenters. The van der Waals surface area contributed by atoms with E-state index in [1.807, 2.05) is 49.1 Å². The lowest BCUT2D eigenvalue weighted by atomic mass is 9.99. The zero-order valence-electron chi connectivity index (χ0n) is 15.4. The Morgan fingerprint density at radius 3 is 2.38 bits per heavy atom. The van der Waals surface area contributed by atoms with E-state index < -0.39 is 0 Å². The summed E-state index contributed by atoms with van der Waals surface area (Å²) in [6.45, 7) is 6.29. The first-order valence-corrected chi connectivity index (χ1v) is 9.16. The first kappa shape index (κ1) is 18.1. The summed E-state index contributed by atoms with van der Waals surface area (Å²) >= 11 is 0. The Labute approximate surface area is 155 Å². The molecule has 1 heterocycles. The van der Waals surface area contributed by atoms with Crippen LogP contribution in [0.5, 0.6) is 11.5 Å². The van der Waals surface area contributed by atoms with Crippen molar-refractivity contribution >= 4 is 11.5 Å². The van der Waals surface area contributed by atoms with Gasteiger partial charge < -0.3 is 14.4 Å². The molecule has 0 radical (unpaired) electrons. The highest BCUT2D eigenvalue weighted by Gasteiger charge is 2.20. The number of hydrogen-bond donors (Lipinski definition) is 0. The quantitative estimate of drug-likeness (QED) is 0.774. The standard InChI is InChI=1S/C22H25NO3/c1-3-25-20-11-10-19(16-21(20)26-4-2)22(24)23-14-12-18(13-15-23)17-8-6-5-7-9-17/h5-12,16H,3-4,13-15H2,1-2H3. The molecule has 0 aliphatic carbocycles. The van der Waals surface area contributed by atoms with Crippen LogP contribution in [0.1, 0.15) is 36.2 Å². The molecule has 4 nitrogen and oxygen atoms in total. The second-order valence-electron chi connectivity index (χ2n) is 6.12. The van der Waals surface area contributed by atoms with E-state index in [0.29, 0.717) is 36.8 Å². The fourth-order valence-electron chi connectivity index (χ4n) is 3.13. The van der Waals surface area contributed by atoms with Gasteiger partial charge in [-0.25, -0.2) is 0 Å². The van der Waals surface area contributed by atoms with Gasteiger partial charge in [0, 0.05) is 18.7 Å². The van der Waals surface area contributed by atoms with E-state index in [1.165, 1.54) is 11.1 Å². The molecular weight excluding hydrogens is 326 g/mol. The van der Waals surface area contributed by atoms with Crippen LogP contribution in [0, 0.1) is 0 Å². The van der Waals surface area contributed by atoms with Crippen LogP contribution in [0.4, 0.5) is 0 Å². The zero-order valence-corrected chi connectivity index (χ0v) is 15.4. The minimum Gasteiger partial charge on any atom is -0.490 e. The Morgan fingerprint density at radius 2 is 1.73 bits per heavy atom. The van der Waals surface area contributed by atoms with Gasteiger partial charge in [-0.3, -0.25) is 4.79 Å². The number of carbonyl (C=O) groups is 1. The van der Waals surface area contributed by atoms with Gasteiger partial charge in [0.1, 0.15) is 0 Å². The lowest BCUT2D eigenvalue weighted by Gasteiger charge is -2.27. The summed E-state index contributed by atoms with van der Waals surface area (Å²) in [5.41, 5.74) is 3.17.